The maximum Gasteiger partial charge on any atom is -0.0253 e. The summed E-state index contributed by atoms with van der Waals surface area (Å²) in [5, 5.41) is 0. The molecule has 0 heterocycles. The molecule has 0 aromatic heterocycles. The van der Waals surface area contributed by atoms with Gasteiger partial charge in [-0.3, -0.25) is 6.08 Å². The van der Waals surface area contributed by atoms with Crippen LogP contribution in [-0.4, -0.2) is 7.63 Å². The monoisotopic (exact) mass is 438 g/mol. The molecule has 0 N–H and O–H groups in total. The second-order valence-corrected chi connectivity index (χ2v) is 5.06. The molecule has 26 heavy (non-hydrogen) atoms. The van der Waals surface area contributed by atoms with Crippen LogP contribution >= 0.6 is 24.8 Å². The van der Waals surface area contributed by atoms with E-state index in [4.69, 9.17) is 0 Å². The summed E-state index contributed by atoms with van der Waals surface area (Å²) in [6.07, 6.45) is 10.7. The van der Waals surface area contributed by atoms with Crippen molar-refractivity contribution >= 4 is 32.4 Å². The Morgan fingerprint density at radius 1 is 1.00 bits per heavy atom. The van der Waals surface area contributed by atoms with Crippen molar-refractivity contribution in [1.29, 1.82) is 0 Å². The van der Waals surface area contributed by atoms with E-state index < -0.39 is 0 Å². The summed E-state index contributed by atoms with van der Waals surface area (Å²) in [5.74, 6) is 0. The number of fused-ring (bicyclic) bond motifs is 3. The van der Waals surface area contributed by atoms with E-state index >= 15 is 0 Å². The summed E-state index contributed by atoms with van der Waals surface area (Å²) in [6, 6.07) is 18.1. The second-order valence-electron chi connectivity index (χ2n) is 5.06. The Balaban J connectivity index is -0.000000360. The molecule has 0 fully saturated rings. The zero-order valence-corrected chi connectivity index (χ0v) is 20.4. The minimum absolute atomic E-state index is 0. The summed E-state index contributed by atoms with van der Waals surface area (Å²) in [5.41, 5.74) is 6.87. The fourth-order valence-corrected chi connectivity index (χ4v) is 2.69. The van der Waals surface area contributed by atoms with Crippen molar-refractivity contribution in [3.8, 4) is 11.1 Å². The van der Waals surface area contributed by atoms with Gasteiger partial charge in [-0.1, -0.05) is 48.7 Å². The Morgan fingerprint density at radius 2 is 1.65 bits per heavy atom. The van der Waals surface area contributed by atoms with E-state index in [1.807, 2.05) is 32.9 Å². The van der Waals surface area contributed by atoms with E-state index in [0.29, 0.717) is 0 Å². The van der Waals surface area contributed by atoms with Crippen LogP contribution in [0.2, 0.25) is 0 Å². The van der Waals surface area contributed by atoms with E-state index in [-0.39, 0.29) is 39.7 Å². The van der Waals surface area contributed by atoms with Gasteiger partial charge in [-0.2, -0.15) is 35.9 Å². The molecule has 0 radical (unpaired) electrons. The number of hydrogen-bond donors (Lipinski definition) is 0. The molecular formula is C22H28Cl2SiTi-4. The van der Waals surface area contributed by atoms with Crippen molar-refractivity contribution in [1.82, 2.24) is 0 Å². The average Bonchev–Trinajstić information content (AvgIpc) is 3.24. The van der Waals surface area contributed by atoms with Gasteiger partial charge in [0, 0.05) is 0 Å². The molecule has 4 rings (SSSR count). The molecule has 2 aliphatic carbocycles. The summed E-state index contributed by atoms with van der Waals surface area (Å²) >= 11 is 2.03. The Morgan fingerprint density at radius 3 is 2.23 bits per heavy atom. The first-order valence-electron chi connectivity index (χ1n) is 7.58. The molecule has 0 unspecified atom stereocenters. The molecule has 0 saturated carbocycles. The topological polar surface area (TPSA) is 0 Å². The van der Waals surface area contributed by atoms with Crippen molar-refractivity contribution in [3.05, 3.63) is 98.3 Å². The van der Waals surface area contributed by atoms with Crippen LogP contribution in [0.15, 0.2) is 60.2 Å². The van der Waals surface area contributed by atoms with Crippen molar-refractivity contribution in [2.45, 2.75) is 26.2 Å². The van der Waals surface area contributed by atoms with Crippen LogP contribution in [0.4, 0.5) is 0 Å². The van der Waals surface area contributed by atoms with E-state index in [0.717, 1.165) is 19.3 Å². The molecule has 142 valence electrons. The van der Waals surface area contributed by atoms with Crippen molar-refractivity contribution in [2.24, 2.45) is 0 Å². The van der Waals surface area contributed by atoms with Gasteiger partial charge < -0.3 is 14.9 Å². The molecule has 0 bridgehead atoms. The summed E-state index contributed by atoms with van der Waals surface area (Å²) in [4.78, 5) is 0. The van der Waals surface area contributed by atoms with Gasteiger partial charge in [0.05, 0.1) is 0 Å². The van der Waals surface area contributed by atoms with Crippen LogP contribution in [0.5, 0.6) is 0 Å². The van der Waals surface area contributed by atoms with Gasteiger partial charge in [0.25, 0.3) is 0 Å². The van der Waals surface area contributed by atoms with E-state index in [1.165, 1.54) is 27.8 Å². The molecular weight excluding hydrogens is 411 g/mol. The Kier molecular flexibility index (Phi) is 19.3. The molecule has 0 saturated heterocycles. The van der Waals surface area contributed by atoms with Crippen LogP contribution in [0.25, 0.3) is 11.1 Å². The molecule has 4 heteroatoms. The van der Waals surface area contributed by atoms with Gasteiger partial charge in [0.1, 0.15) is 0 Å². The predicted molar refractivity (Wildman–Crippen MR) is 120 cm³/mol. The summed E-state index contributed by atoms with van der Waals surface area (Å²) < 4.78 is 0. The first-order chi connectivity index (χ1) is 10.9. The standard InChI is InChI=1S/C13H9.C7H9.2CH3.2ClH.H2Si.Ti/c1-3-7-12-10(5-1)9-11-6-2-4-8-13(11)12;1-2-7-5-3-4-6-7;;;;;;/h1-5,7-8H,9H2;3,5H,2,4H2,1H3;2*1H3;2*1H;1H2;/q4*-1;;;;. The fourth-order valence-electron chi connectivity index (χ4n) is 2.69. The van der Waals surface area contributed by atoms with Gasteiger partial charge >= 0.3 is 26.8 Å². The molecule has 0 amide bonds. The Labute approximate surface area is 186 Å². The molecule has 2 aliphatic rings. The van der Waals surface area contributed by atoms with E-state index in [9.17, 15) is 0 Å². The quantitative estimate of drug-likeness (QED) is 0.324. The van der Waals surface area contributed by atoms with Gasteiger partial charge in [0.2, 0.25) is 0 Å². The molecule has 0 spiro atoms. The molecule has 2 aromatic carbocycles. The van der Waals surface area contributed by atoms with Crippen LogP contribution in [0.1, 0.15) is 30.9 Å². The van der Waals surface area contributed by atoms with Crippen molar-refractivity contribution in [2.75, 3.05) is 0 Å². The fraction of sp³-hybridized carbons (Fsp3) is 0.182. The third-order valence-corrected chi connectivity index (χ3v) is 3.76. The number of hydrogen-bond acceptors (Lipinski definition) is 0. The SMILES string of the molecule is CCC1=[C-]CC=C1.Cl.Cl.[CH3-].[CH3-].[SiH2]=[Ti].[c-]1cccc2c1Cc1ccccc1-2. The second kappa shape index (κ2) is 16.6. The van der Waals surface area contributed by atoms with Crippen LogP contribution in [0.3, 0.4) is 0 Å². The molecule has 0 nitrogen and oxygen atoms in total. The van der Waals surface area contributed by atoms with Gasteiger partial charge in [0.15, 0.2) is 0 Å². The van der Waals surface area contributed by atoms with Gasteiger partial charge in [-0.05, 0) is 6.42 Å². The Bertz CT molecular complexity index is 653. The first-order valence-corrected chi connectivity index (χ1v) is 11.6. The van der Waals surface area contributed by atoms with Crippen molar-refractivity contribution < 1.29 is 19.2 Å². The van der Waals surface area contributed by atoms with Crippen LogP contribution in [0, 0.1) is 27.0 Å². The summed E-state index contributed by atoms with van der Waals surface area (Å²) in [6.45, 7) is 2.15. The van der Waals surface area contributed by atoms with E-state index in [2.05, 4.69) is 67.6 Å². The Hall–Kier alpha value is -0.569. The zero-order valence-electron chi connectivity index (χ0n) is 15.8. The zero-order chi connectivity index (χ0) is 15.8. The van der Waals surface area contributed by atoms with Gasteiger partial charge in [-0.25, -0.2) is 11.6 Å². The maximum atomic E-state index is 3.30. The number of halogens is 2. The first kappa shape index (κ1) is 30.2. The number of allylic oxidation sites excluding steroid dienone is 4. The third kappa shape index (κ3) is 7.98. The smallest absolute Gasteiger partial charge is 0.0253 e. The molecule has 0 aliphatic heterocycles. The molecule has 0 atom stereocenters. The van der Waals surface area contributed by atoms with Gasteiger partial charge in [-0.15, -0.1) is 36.8 Å². The predicted octanol–water partition coefficient (Wildman–Crippen LogP) is 5.97. The van der Waals surface area contributed by atoms with Crippen LogP contribution < -0.4 is 0 Å². The third-order valence-electron chi connectivity index (χ3n) is 3.76. The van der Waals surface area contributed by atoms with Crippen molar-refractivity contribution in [3.63, 3.8) is 0 Å². The largest absolute Gasteiger partial charge is 0.179 e. The minimum atomic E-state index is 0. The number of rotatable bonds is 1. The average molecular weight is 439 g/mol. The maximum absolute atomic E-state index is 3.30. The molecule has 2 aromatic rings. The number of benzene rings is 2. The summed E-state index contributed by atoms with van der Waals surface area (Å²) in [7, 11) is 1.86. The minimum Gasteiger partial charge on any atom is -0.179 e. The van der Waals surface area contributed by atoms with Crippen LogP contribution in [-0.2, 0) is 25.6 Å². The van der Waals surface area contributed by atoms with E-state index in [1.54, 1.807) is 0 Å². The normalized spacial score (nSPS) is 11.0.